The van der Waals surface area contributed by atoms with Gasteiger partial charge in [0.15, 0.2) is 0 Å². The standard InChI is InChI=1S/C20H14N4O4S/c21-11-14-4-6-15(7-5-14)19-12-22-13-20-18(19)8-9-23(20)29(27,28)17-3-1-2-16(10-17)24(25)26/h1-7,10,12-13H,8-9H2. The Morgan fingerprint density at radius 1 is 1.14 bits per heavy atom. The van der Waals surface area contributed by atoms with Gasteiger partial charge < -0.3 is 0 Å². The maximum Gasteiger partial charge on any atom is 0.270 e. The van der Waals surface area contributed by atoms with Crippen LogP contribution in [-0.4, -0.2) is 24.9 Å². The topological polar surface area (TPSA) is 117 Å². The summed E-state index contributed by atoms with van der Waals surface area (Å²) >= 11 is 0. The first-order valence-electron chi connectivity index (χ1n) is 8.66. The van der Waals surface area contributed by atoms with Crippen LogP contribution in [0, 0.1) is 21.4 Å². The van der Waals surface area contributed by atoms with Gasteiger partial charge in [0.2, 0.25) is 0 Å². The van der Waals surface area contributed by atoms with E-state index in [0.29, 0.717) is 17.7 Å². The van der Waals surface area contributed by atoms with Crippen LogP contribution in [0.25, 0.3) is 11.1 Å². The van der Waals surface area contributed by atoms with Crippen LogP contribution in [0.3, 0.4) is 0 Å². The lowest BCUT2D eigenvalue weighted by Crippen LogP contribution is -2.29. The molecule has 0 saturated heterocycles. The smallest absolute Gasteiger partial charge is 0.264 e. The molecular weight excluding hydrogens is 392 g/mol. The Hall–Kier alpha value is -3.77. The van der Waals surface area contributed by atoms with Crippen molar-refractivity contribution in [3.8, 4) is 17.2 Å². The van der Waals surface area contributed by atoms with E-state index in [1.54, 1.807) is 30.5 Å². The van der Waals surface area contributed by atoms with Crippen molar-refractivity contribution in [1.82, 2.24) is 4.98 Å². The SMILES string of the molecule is N#Cc1ccc(-c2cncc3c2CCN3S(=O)(=O)c2cccc([N+](=O)[O-])c2)cc1. The number of nitrogens with zero attached hydrogens (tertiary/aromatic N) is 4. The number of nitro benzene ring substituents is 1. The number of benzene rings is 2. The molecule has 2 aromatic carbocycles. The maximum atomic E-state index is 13.1. The van der Waals surface area contributed by atoms with Crippen LogP contribution in [0.5, 0.6) is 0 Å². The number of rotatable bonds is 4. The largest absolute Gasteiger partial charge is 0.270 e. The number of aromatic nitrogens is 1. The number of hydrogen-bond donors (Lipinski definition) is 0. The summed E-state index contributed by atoms with van der Waals surface area (Å²) in [5, 5.41) is 20.0. The normalized spacial score (nSPS) is 13.0. The molecule has 2 heterocycles. The zero-order chi connectivity index (χ0) is 20.6. The third-order valence-corrected chi connectivity index (χ3v) is 6.62. The van der Waals surface area contributed by atoms with E-state index >= 15 is 0 Å². The van der Waals surface area contributed by atoms with Crippen molar-refractivity contribution < 1.29 is 13.3 Å². The Balaban J connectivity index is 1.77. The Bertz CT molecular complexity index is 1260. The summed E-state index contributed by atoms with van der Waals surface area (Å²) in [5.74, 6) is 0. The predicted molar refractivity (Wildman–Crippen MR) is 106 cm³/mol. The van der Waals surface area contributed by atoms with Crippen LogP contribution in [0.1, 0.15) is 11.1 Å². The number of nitro groups is 1. The molecule has 8 nitrogen and oxygen atoms in total. The summed E-state index contributed by atoms with van der Waals surface area (Å²) in [6.07, 6.45) is 3.65. The Morgan fingerprint density at radius 3 is 2.59 bits per heavy atom. The average molecular weight is 406 g/mol. The van der Waals surface area contributed by atoms with Crippen molar-refractivity contribution >= 4 is 21.4 Å². The first-order valence-corrected chi connectivity index (χ1v) is 10.1. The van der Waals surface area contributed by atoms with E-state index in [9.17, 15) is 18.5 Å². The van der Waals surface area contributed by atoms with Gasteiger partial charge in [0, 0.05) is 30.4 Å². The highest BCUT2D eigenvalue weighted by Gasteiger charge is 2.33. The number of non-ortho nitro benzene ring substituents is 1. The molecule has 1 aromatic heterocycles. The van der Waals surface area contributed by atoms with E-state index < -0.39 is 14.9 Å². The highest BCUT2D eigenvalue weighted by molar-refractivity contribution is 7.92. The highest BCUT2D eigenvalue weighted by Crippen LogP contribution is 2.38. The van der Waals surface area contributed by atoms with Crippen LogP contribution < -0.4 is 4.31 Å². The fourth-order valence-electron chi connectivity index (χ4n) is 3.40. The maximum absolute atomic E-state index is 13.1. The zero-order valence-corrected chi connectivity index (χ0v) is 15.8. The molecule has 9 heteroatoms. The number of pyridine rings is 1. The van der Waals surface area contributed by atoms with Crippen molar-refractivity contribution in [3.63, 3.8) is 0 Å². The van der Waals surface area contributed by atoms with Crippen LogP contribution >= 0.6 is 0 Å². The number of anilines is 1. The summed E-state index contributed by atoms with van der Waals surface area (Å²) in [7, 11) is -3.97. The molecule has 0 atom stereocenters. The Morgan fingerprint density at radius 2 is 1.90 bits per heavy atom. The number of sulfonamides is 1. The average Bonchev–Trinajstić information content (AvgIpc) is 3.19. The van der Waals surface area contributed by atoms with Crippen LogP contribution in [0.4, 0.5) is 11.4 Å². The van der Waals surface area contributed by atoms with Gasteiger partial charge in [-0.05, 0) is 35.7 Å². The zero-order valence-electron chi connectivity index (χ0n) is 15.0. The summed E-state index contributed by atoms with van der Waals surface area (Å²) in [4.78, 5) is 14.5. The minimum Gasteiger partial charge on any atom is -0.264 e. The van der Waals surface area contributed by atoms with Crippen LogP contribution in [0.15, 0.2) is 65.8 Å². The fourth-order valence-corrected chi connectivity index (χ4v) is 4.92. The molecular formula is C20H14N4O4S. The molecule has 144 valence electrons. The molecule has 4 rings (SSSR count). The molecule has 0 N–H and O–H groups in total. The lowest BCUT2D eigenvalue weighted by Gasteiger charge is -2.19. The number of hydrogen-bond acceptors (Lipinski definition) is 6. The van der Waals surface area contributed by atoms with Crippen molar-refractivity contribution in [3.05, 3.63) is 82.2 Å². The van der Waals surface area contributed by atoms with E-state index in [1.165, 1.54) is 28.7 Å². The van der Waals surface area contributed by atoms with E-state index in [2.05, 4.69) is 11.1 Å². The van der Waals surface area contributed by atoms with Crippen molar-refractivity contribution in [2.75, 3.05) is 10.8 Å². The second-order valence-corrected chi connectivity index (χ2v) is 8.32. The van der Waals surface area contributed by atoms with Gasteiger partial charge in [-0.2, -0.15) is 5.26 Å². The van der Waals surface area contributed by atoms with Crippen molar-refractivity contribution in [1.29, 1.82) is 5.26 Å². The van der Waals surface area contributed by atoms with Gasteiger partial charge in [0.1, 0.15) is 0 Å². The summed E-state index contributed by atoms with van der Waals surface area (Å²) in [5.41, 5.74) is 3.17. The minimum atomic E-state index is -3.97. The van der Waals surface area contributed by atoms with Gasteiger partial charge >= 0.3 is 0 Å². The van der Waals surface area contributed by atoms with Gasteiger partial charge in [-0.25, -0.2) is 8.42 Å². The lowest BCUT2D eigenvalue weighted by molar-refractivity contribution is -0.385. The van der Waals surface area contributed by atoms with E-state index in [4.69, 9.17) is 5.26 Å². The lowest BCUT2D eigenvalue weighted by atomic mass is 9.99. The van der Waals surface area contributed by atoms with E-state index in [1.807, 2.05) is 0 Å². The van der Waals surface area contributed by atoms with Gasteiger partial charge in [0.25, 0.3) is 15.7 Å². The first kappa shape index (κ1) is 18.6. The fraction of sp³-hybridized carbons (Fsp3) is 0.100. The van der Waals surface area contributed by atoms with Crippen LogP contribution in [0.2, 0.25) is 0 Å². The van der Waals surface area contributed by atoms with Gasteiger partial charge in [0.05, 0.1) is 33.3 Å². The van der Waals surface area contributed by atoms with Gasteiger partial charge in [-0.3, -0.25) is 19.4 Å². The number of fused-ring (bicyclic) bond motifs is 1. The molecule has 1 aliphatic rings. The molecule has 29 heavy (non-hydrogen) atoms. The first-order chi connectivity index (χ1) is 13.9. The molecule has 0 saturated carbocycles. The predicted octanol–water partition coefficient (Wildman–Crippen LogP) is 3.28. The number of nitriles is 1. The molecule has 0 aliphatic carbocycles. The Kier molecular flexibility index (Phi) is 4.48. The second-order valence-electron chi connectivity index (χ2n) is 6.46. The molecule has 0 amide bonds. The third kappa shape index (κ3) is 3.19. The summed E-state index contributed by atoms with van der Waals surface area (Å²) in [6.45, 7) is 0.218. The molecule has 0 radical (unpaired) electrons. The molecule has 3 aromatic rings. The van der Waals surface area contributed by atoms with Crippen molar-refractivity contribution in [2.24, 2.45) is 0 Å². The molecule has 0 bridgehead atoms. The van der Waals surface area contributed by atoms with E-state index in [0.717, 1.165) is 22.8 Å². The minimum absolute atomic E-state index is 0.136. The highest BCUT2D eigenvalue weighted by atomic mass is 32.2. The van der Waals surface area contributed by atoms with Gasteiger partial charge in [-0.15, -0.1) is 0 Å². The monoisotopic (exact) mass is 406 g/mol. The third-order valence-electron chi connectivity index (χ3n) is 4.81. The molecule has 0 spiro atoms. The van der Waals surface area contributed by atoms with Crippen LogP contribution in [-0.2, 0) is 16.4 Å². The molecule has 0 unspecified atom stereocenters. The van der Waals surface area contributed by atoms with E-state index in [-0.39, 0.29) is 17.1 Å². The quantitative estimate of drug-likeness (QED) is 0.485. The summed E-state index contributed by atoms with van der Waals surface area (Å²) < 4.78 is 27.5. The summed E-state index contributed by atoms with van der Waals surface area (Å²) in [6, 6.07) is 14.1. The Labute approximate surface area is 166 Å². The second kappa shape index (κ2) is 7.00. The van der Waals surface area contributed by atoms with Crippen molar-refractivity contribution in [2.45, 2.75) is 11.3 Å². The molecule has 0 fully saturated rings. The molecule has 1 aliphatic heterocycles. The van der Waals surface area contributed by atoms with Gasteiger partial charge in [-0.1, -0.05) is 18.2 Å².